The molecule has 0 bridgehead atoms. The van der Waals surface area contributed by atoms with E-state index in [0.29, 0.717) is 5.56 Å². The molecule has 0 aliphatic heterocycles. The lowest BCUT2D eigenvalue weighted by Gasteiger charge is -2.14. The van der Waals surface area contributed by atoms with Gasteiger partial charge in [0.15, 0.2) is 6.10 Å². The van der Waals surface area contributed by atoms with Crippen LogP contribution in [0.15, 0.2) is 46.9 Å². The van der Waals surface area contributed by atoms with Crippen molar-refractivity contribution in [3.63, 3.8) is 0 Å². The Morgan fingerprint density at radius 3 is 2.44 bits per heavy atom. The van der Waals surface area contributed by atoms with Gasteiger partial charge in [-0.3, -0.25) is 14.4 Å². The van der Waals surface area contributed by atoms with Crippen LogP contribution in [0, 0.1) is 11.6 Å². The summed E-state index contributed by atoms with van der Waals surface area (Å²) in [4.78, 5) is 35.6. The smallest absolute Gasteiger partial charge is 0.326 e. The van der Waals surface area contributed by atoms with Crippen molar-refractivity contribution in [3.8, 4) is 0 Å². The van der Waals surface area contributed by atoms with Crippen LogP contribution >= 0.6 is 15.9 Å². The number of amides is 2. The van der Waals surface area contributed by atoms with Gasteiger partial charge in [0, 0.05) is 16.1 Å². The molecular formula is C18H15BrF2N2O4. The molecule has 27 heavy (non-hydrogen) atoms. The number of ether oxygens (including phenoxy) is 1. The second-order valence-electron chi connectivity index (χ2n) is 5.44. The Labute approximate surface area is 162 Å². The first-order valence-electron chi connectivity index (χ1n) is 7.75. The SMILES string of the molecule is CC(OC(=O)CNC(=O)c1ccc(Br)cc1)C(=O)Nc1cc(F)ccc1F. The first-order valence-corrected chi connectivity index (χ1v) is 8.54. The molecule has 0 radical (unpaired) electrons. The minimum absolute atomic E-state index is 0.346. The summed E-state index contributed by atoms with van der Waals surface area (Å²) in [6.07, 6.45) is -1.27. The highest BCUT2D eigenvalue weighted by Crippen LogP contribution is 2.15. The predicted octanol–water partition coefficient (Wildman–Crippen LogP) is 3.03. The van der Waals surface area contributed by atoms with E-state index in [1.807, 2.05) is 0 Å². The average molecular weight is 441 g/mol. The van der Waals surface area contributed by atoms with Gasteiger partial charge in [-0.1, -0.05) is 15.9 Å². The summed E-state index contributed by atoms with van der Waals surface area (Å²) in [6.45, 7) is 0.807. The Kier molecular flexibility index (Phi) is 7.00. The third kappa shape index (κ3) is 6.14. The zero-order valence-corrected chi connectivity index (χ0v) is 15.7. The van der Waals surface area contributed by atoms with E-state index in [1.165, 1.54) is 6.92 Å². The summed E-state index contributed by atoms with van der Waals surface area (Å²) in [6, 6.07) is 9.04. The number of benzene rings is 2. The first-order chi connectivity index (χ1) is 12.8. The van der Waals surface area contributed by atoms with E-state index in [2.05, 4.69) is 26.6 Å². The van der Waals surface area contributed by atoms with E-state index in [4.69, 9.17) is 4.74 Å². The minimum atomic E-state index is -1.27. The maximum atomic E-state index is 13.5. The normalized spacial score (nSPS) is 11.4. The fourth-order valence-corrected chi connectivity index (χ4v) is 2.24. The van der Waals surface area contributed by atoms with Crippen molar-refractivity contribution in [1.29, 1.82) is 0 Å². The molecule has 0 fully saturated rings. The second-order valence-corrected chi connectivity index (χ2v) is 6.35. The molecule has 1 atom stereocenters. The summed E-state index contributed by atoms with van der Waals surface area (Å²) in [5.74, 6) is -3.75. The lowest BCUT2D eigenvalue weighted by molar-refractivity contribution is -0.152. The first kappa shape index (κ1) is 20.5. The van der Waals surface area contributed by atoms with Crippen molar-refractivity contribution >= 4 is 39.4 Å². The van der Waals surface area contributed by atoms with Crippen molar-refractivity contribution in [2.75, 3.05) is 11.9 Å². The van der Waals surface area contributed by atoms with Gasteiger partial charge >= 0.3 is 5.97 Å². The van der Waals surface area contributed by atoms with E-state index in [1.54, 1.807) is 24.3 Å². The van der Waals surface area contributed by atoms with Crippen LogP contribution in [0.5, 0.6) is 0 Å². The maximum Gasteiger partial charge on any atom is 0.326 e. The minimum Gasteiger partial charge on any atom is -0.451 e. The molecule has 2 aromatic carbocycles. The number of anilines is 1. The van der Waals surface area contributed by atoms with Crippen molar-refractivity contribution in [2.45, 2.75) is 13.0 Å². The van der Waals surface area contributed by atoms with E-state index in [0.717, 1.165) is 22.7 Å². The monoisotopic (exact) mass is 440 g/mol. The topological polar surface area (TPSA) is 84.5 Å². The van der Waals surface area contributed by atoms with Crippen LogP contribution < -0.4 is 10.6 Å². The number of carbonyl (C=O) groups excluding carboxylic acids is 3. The van der Waals surface area contributed by atoms with E-state index >= 15 is 0 Å². The fraction of sp³-hybridized carbons (Fsp3) is 0.167. The summed E-state index contributed by atoms with van der Waals surface area (Å²) in [7, 11) is 0. The third-order valence-corrected chi connectivity index (χ3v) is 3.89. The fourth-order valence-electron chi connectivity index (χ4n) is 1.98. The molecule has 9 heteroatoms. The Bertz CT molecular complexity index is 859. The van der Waals surface area contributed by atoms with Crippen molar-refractivity contribution in [1.82, 2.24) is 5.32 Å². The van der Waals surface area contributed by atoms with Crippen LogP contribution in [0.25, 0.3) is 0 Å². The molecule has 0 saturated heterocycles. The molecule has 1 unspecified atom stereocenters. The van der Waals surface area contributed by atoms with Gasteiger partial charge in [-0.05, 0) is 43.3 Å². The number of halogens is 3. The van der Waals surface area contributed by atoms with Crippen molar-refractivity contribution in [3.05, 3.63) is 64.1 Å². The highest BCUT2D eigenvalue weighted by Gasteiger charge is 2.20. The summed E-state index contributed by atoms with van der Waals surface area (Å²) in [5, 5.41) is 4.49. The largest absolute Gasteiger partial charge is 0.451 e. The molecule has 0 aliphatic carbocycles. The second kappa shape index (κ2) is 9.22. The quantitative estimate of drug-likeness (QED) is 0.676. The van der Waals surface area contributed by atoms with Gasteiger partial charge in [0.1, 0.15) is 18.2 Å². The molecule has 0 saturated carbocycles. The standard InChI is InChI=1S/C18H15BrF2N2O4/c1-10(17(25)23-15-8-13(20)6-7-14(15)21)27-16(24)9-22-18(26)11-2-4-12(19)5-3-11/h2-8,10H,9H2,1H3,(H,22,26)(H,23,25). The van der Waals surface area contributed by atoms with Crippen LogP contribution in [-0.4, -0.2) is 30.4 Å². The zero-order valence-electron chi connectivity index (χ0n) is 14.1. The molecule has 0 aliphatic rings. The molecule has 0 heterocycles. The molecule has 0 spiro atoms. The van der Waals surface area contributed by atoms with Crippen LogP contribution in [0.4, 0.5) is 14.5 Å². The molecule has 6 nitrogen and oxygen atoms in total. The number of nitrogens with one attached hydrogen (secondary N) is 2. The van der Waals surface area contributed by atoms with Gasteiger partial charge < -0.3 is 15.4 Å². The van der Waals surface area contributed by atoms with Crippen LogP contribution in [0.3, 0.4) is 0 Å². The van der Waals surface area contributed by atoms with Crippen molar-refractivity contribution < 1.29 is 27.9 Å². The lowest BCUT2D eigenvalue weighted by Crippen LogP contribution is -2.36. The van der Waals surface area contributed by atoms with Gasteiger partial charge in [-0.15, -0.1) is 0 Å². The molecule has 0 aromatic heterocycles. The molecular weight excluding hydrogens is 426 g/mol. The summed E-state index contributed by atoms with van der Waals surface area (Å²) < 4.78 is 32.3. The van der Waals surface area contributed by atoms with E-state index in [9.17, 15) is 23.2 Å². The average Bonchev–Trinajstić information content (AvgIpc) is 2.63. The molecule has 2 N–H and O–H groups in total. The Hall–Kier alpha value is -2.81. The van der Waals surface area contributed by atoms with E-state index < -0.39 is 42.1 Å². The van der Waals surface area contributed by atoms with Crippen LogP contribution in [0.2, 0.25) is 0 Å². The lowest BCUT2D eigenvalue weighted by atomic mass is 10.2. The van der Waals surface area contributed by atoms with Crippen LogP contribution in [0.1, 0.15) is 17.3 Å². The number of carbonyl (C=O) groups is 3. The summed E-state index contributed by atoms with van der Waals surface area (Å²) in [5.41, 5.74) is -0.0233. The molecule has 142 valence electrons. The Morgan fingerprint density at radius 2 is 1.78 bits per heavy atom. The van der Waals surface area contributed by atoms with Gasteiger partial charge in [0.2, 0.25) is 0 Å². The number of hydrogen-bond donors (Lipinski definition) is 2. The third-order valence-electron chi connectivity index (χ3n) is 3.36. The Balaban J connectivity index is 1.83. The van der Waals surface area contributed by atoms with Gasteiger partial charge in [0.05, 0.1) is 5.69 Å². The molecule has 2 aromatic rings. The van der Waals surface area contributed by atoms with Crippen molar-refractivity contribution in [2.24, 2.45) is 0 Å². The number of hydrogen-bond acceptors (Lipinski definition) is 4. The number of rotatable bonds is 6. The van der Waals surface area contributed by atoms with E-state index in [-0.39, 0.29) is 5.69 Å². The highest BCUT2D eigenvalue weighted by molar-refractivity contribution is 9.10. The molecule has 2 rings (SSSR count). The maximum absolute atomic E-state index is 13.5. The highest BCUT2D eigenvalue weighted by atomic mass is 79.9. The van der Waals surface area contributed by atoms with Gasteiger partial charge in [-0.2, -0.15) is 0 Å². The molecule has 2 amide bonds. The predicted molar refractivity (Wildman–Crippen MR) is 97.0 cm³/mol. The number of esters is 1. The summed E-state index contributed by atoms with van der Waals surface area (Å²) >= 11 is 3.24. The zero-order chi connectivity index (χ0) is 20.0. The van der Waals surface area contributed by atoms with Gasteiger partial charge in [0.25, 0.3) is 11.8 Å². The van der Waals surface area contributed by atoms with Gasteiger partial charge in [-0.25, -0.2) is 8.78 Å². The van der Waals surface area contributed by atoms with Crippen LogP contribution in [-0.2, 0) is 14.3 Å². The Morgan fingerprint density at radius 1 is 1.11 bits per heavy atom.